The first-order chi connectivity index (χ1) is 15.2. The summed E-state index contributed by atoms with van der Waals surface area (Å²) < 4.78 is 0. The molecular formula is C24H35N5O2. The molecule has 4 fully saturated rings. The molecule has 2 saturated carbocycles. The van der Waals surface area contributed by atoms with Crippen LogP contribution in [0.15, 0.2) is 18.5 Å². The fourth-order valence-electron chi connectivity index (χ4n) is 5.95. The minimum Gasteiger partial charge on any atom is -0.355 e. The van der Waals surface area contributed by atoms with E-state index in [0.29, 0.717) is 30.9 Å². The molecule has 4 aliphatic rings. The van der Waals surface area contributed by atoms with Crippen LogP contribution in [0, 0.1) is 23.2 Å². The van der Waals surface area contributed by atoms with E-state index in [1.807, 2.05) is 6.07 Å². The highest BCUT2D eigenvalue weighted by atomic mass is 16.2. The zero-order chi connectivity index (χ0) is 21.3. The fourth-order valence-corrected chi connectivity index (χ4v) is 5.95. The number of hydrogen-bond acceptors (Lipinski definition) is 5. The van der Waals surface area contributed by atoms with E-state index < -0.39 is 5.41 Å². The molecule has 1 aromatic heterocycles. The van der Waals surface area contributed by atoms with Crippen LogP contribution in [0.2, 0.25) is 0 Å². The number of aromatic nitrogens is 2. The second kappa shape index (κ2) is 8.75. The Morgan fingerprint density at radius 2 is 1.81 bits per heavy atom. The molecule has 0 spiro atoms. The second-order valence-corrected chi connectivity index (χ2v) is 10.2. The van der Waals surface area contributed by atoms with Gasteiger partial charge in [0.15, 0.2) is 0 Å². The summed E-state index contributed by atoms with van der Waals surface area (Å²) >= 11 is 0. The Labute approximate surface area is 185 Å². The summed E-state index contributed by atoms with van der Waals surface area (Å²) in [6, 6.07) is 1.82. The van der Waals surface area contributed by atoms with Crippen molar-refractivity contribution < 1.29 is 9.59 Å². The number of rotatable bonds is 5. The van der Waals surface area contributed by atoms with Gasteiger partial charge in [0.1, 0.15) is 0 Å². The zero-order valence-electron chi connectivity index (χ0n) is 18.5. The van der Waals surface area contributed by atoms with Gasteiger partial charge in [-0.3, -0.25) is 9.59 Å². The Morgan fingerprint density at radius 1 is 1.03 bits per heavy atom. The van der Waals surface area contributed by atoms with Crippen LogP contribution in [-0.4, -0.2) is 59.4 Å². The Morgan fingerprint density at radius 3 is 2.55 bits per heavy atom. The molecule has 0 aromatic carbocycles. The molecule has 5 rings (SSSR count). The summed E-state index contributed by atoms with van der Waals surface area (Å²) in [5.41, 5.74) is -0.463. The van der Waals surface area contributed by atoms with Crippen molar-refractivity contribution in [2.75, 3.05) is 37.6 Å². The lowest BCUT2D eigenvalue weighted by atomic mass is 9.74. The van der Waals surface area contributed by atoms with Crippen LogP contribution in [0.5, 0.6) is 0 Å². The van der Waals surface area contributed by atoms with E-state index in [4.69, 9.17) is 0 Å². The number of amides is 2. The molecule has 2 aliphatic carbocycles. The molecule has 0 unspecified atom stereocenters. The lowest BCUT2D eigenvalue weighted by Crippen LogP contribution is -2.49. The third-order valence-corrected chi connectivity index (χ3v) is 7.99. The molecule has 0 radical (unpaired) electrons. The van der Waals surface area contributed by atoms with Gasteiger partial charge in [0.25, 0.3) is 0 Å². The molecule has 1 aromatic rings. The zero-order valence-corrected chi connectivity index (χ0v) is 18.5. The Hall–Kier alpha value is -2.18. The number of carbonyl (C=O) groups excluding carboxylic acids is 2. The van der Waals surface area contributed by atoms with Crippen molar-refractivity contribution in [3.63, 3.8) is 0 Å². The van der Waals surface area contributed by atoms with Crippen molar-refractivity contribution in [3.05, 3.63) is 18.5 Å². The van der Waals surface area contributed by atoms with Crippen molar-refractivity contribution in [2.24, 2.45) is 23.2 Å². The van der Waals surface area contributed by atoms with Gasteiger partial charge in [-0.1, -0.05) is 19.3 Å². The number of nitrogens with zero attached hydrogens (tertiary/aromatic N) is 4. The normalized spacial score (nSPS) is 29.4. The fraction of sp³-hybridized carbons (Fsp3) is 0.750. The third kappa shape index (κ3) is 4.28. The van der Waals surface area contributed by atoms with Gasteiger partial charge >= 0.3 is 0 Å². The van der Waals surface area contributed by atoms with Gasteiger partial charge in [-0.25, -0.2) is 9.97 Å². The summed E-state index contributed by atoms with van der Waals surface area (Å²) in [5, 5.41) is 3.27. The molecule has 0 bridgehead atoms. The van der Waals surface area contributed by atoms with E-state index in [1.165, 1.54) is 32.1 Å². The maximum absolute atomic E-state index is 13.6. The molecule has 1 N–H and O–H groups in total. The molecule has 7 heteroatoms. The van der Waals surface area contributed by atoms with Gasteiger partial charge in [0.2, 0.25) is 17.8 Å². The molecule has 2 amide bonds. The minimum atomic E-state index is -0.463. The predicted octanol–water partition coefficient (Wildman–Crippen LogP) is 2.63. The van der Waals surface area contributed by atoms with Crippen LogP contribution in [0.25, 0.3) is 0 Å². The molecule has 31 heavy (non-hydrogen) atoms. The van der Waals surface area contributed by atoms with Crippen LogP contribution in [0.4, 0.5) is 5.95 Å². The van der Waals surface area contributed by atoms with Crippen LogP contribution in [0.3, 0.4) is 0 Å². The smallest absolute Gasteiger partial charge is 0.228 e. The van der Waals surface area contributed by atoms with Crippen LogP contribution < -0.4 is 10.2 Å². The molecule has 168 valence electrons. The summed E-state index contributed by atoms with van der Waals surface area (Å²) in [6.45, 7) is 3.62. The predicted molar refractivity (Wildman–Crippen MR) is 118 cm³/mol. The maximum Gasteiger partial charge on any atom is 0.228 e. The highest BCUT2D eigenvalue weighted by molar-refractivity contribution is 5.85. The first-order valence-corrected chi connectivity index (χ1v) is 12.2. The lowest BCUT2D eigenvalue weighted by Gasteiger charge is -2.33. The number of carbonyl (C=O) groups is 2. The monoisotopic (exact) mass is 425 g/mol. The van der Waals surface area contributed by atoms with Gasteiger partial charge in [-0.05, 0) is 50.5 Å². The van der Waals surface area contributed by atoms with Gasteiger partial charge < -0.3 is 15.1 Å². The first-order valence-electron chi connectivity index (χ1n) is 12.2. The number of nitrogens with one attached hydrogen (secondary N) is 1. The molecule has 7 nitrogen and oxygen atoms in total. The number of anilines is 1. The lowest BCUT2D eigenvalue weighted by molar-refractivity contribution is -0.138. The standard InChI is InChI=1S/C24H35N5O2/c30-21(19-6-2-1-3-7-19)28-13-4-10-24(22(31)27-14-18-8-9-18)17-29(16-20(24)15-28)23-25-11-5-12-26-23/h5,11-12,18-20H,1-4,6-10,13-17H2,(H,27,31)/t20-,24-/m0/s1. The maximum atomic E-state index is 13.6. The molecular weight excluding hydrogens is 390 g/mol. The van der Waals surface area contributed by atoms with E-state index in [-0.39, 0.29) is 17.7 Å². The van der Waals surface area contributed by atoms with Crippen molar-refractivity contribution in [2.45, 2.75) is 57.8 Å². The van der Waals surface area contributed by atoms with E-state index in [0.717, 1.165) is 45.3 Å². The minimum absolute atomic E-state index is 0.116. The van der Waals surface area contributed by atoms with E-state index in [9.17, 15) is 9.59 Å². The molecule has 2 saturated heterocycles. The SMILES string of the molecule is O=C(C1CCCCC1)N1CCC[C@]2(C(=O)NCC3CC3)CN(c3ncccn3)C[C@@H]2C1. The topological polar surface area (TPSA) is 78.4 Å². The van der Waals surface area contributed by atoms with Gasteiger partial charge in [0.05, 0.1) is 5.41 Å². The van der Waals surface area contributed by atoms with Crippen LogP contribution in [-0.2, 0) is 9.59 Å². The average molecular weight is 426 g/mol. The summed E-state index contributed by atoms with van der Waals surface area (Å²) in [6.07, 6.45) is 13.3. The number of hydrogen-bond donors (Lipinski definition) is 1. The van der Waals surface area contributed by atoms with Crippen molar-refractivity contribution in [1.82, 2.24) is 20.2 Å². The number of likely N-dealkylation sites (tertiary alicyclic amines) is 1. The molecule has 2 aliphatic heterocycles. The van der Waals surface area contributed by atoms with E-state index in [1.54, 1.807) is 12.4 Å². The van der Waals surface area contributed by atoms with Crippen molar-refractivity contribution >= 4 is 17.8 Å². The molecule has 2 atom stereocenters. The largest absolute Gasteiger partial charge is 0.355 e. The number of fused-ring (bicyclic) bond motifs is 1. The van der Waals surface area contributed by atoms with E-state index >= 15 is 0 Å². The van der Waals surface area contributed by atoms with Crippen LogP contribution >= 0.6 is 0 Å². The Kier molecular flexibility index (Phi) is 5.85. The Bertz CT molecular complexity index is 792. The molecule has 3 heterocycles. The highest BCUT2D eigenvalue weighted by Crippen LogP contribution is 2.44. The summed E-state index contributed by atoms with van der Waals surface area (Å²) in [5.74, 6) is 2.14. The Balaban J connectivity index is 1.36. The van der Waals surface area contributed by atoms with Gasteiger partial charge in [-0.2, -0.15) is 0 Å². The summed E-state index contributed by atoms with van der Waals surface area (Å²) in [7, 11) is 0. The first kappa shape index (κ1) is 20.7. The van der Waals surface area contributed by atoms with Crippen molar-refractivity contribution in [3.8, 4) is 0 Å². The van der Waals surface area contributed by atoms with Gasteiger partial charge in [0, 0.05) is 57.0 Å². The van der Waals surface area contributed by atoms with Gasteiger partial charge in [-0.15, -0.1) is 0 Å². The summed E-state index contributed by atoms with van der Waals surface area (Å²) in [4.78, 5) is 40.0. The van der Waals surface area contributed by atoms with Crippen LogP contribution in [0.1, 0.15) is 57.8 Å². The van der Waals surface area contributed by atoms with Crippen molar-refractivity contribution in [1.29, 1.82) is 0 Å². The average Bonchev–Trinajstić information content (AvgIpc) is 3.61. The van der Waals surface area contributed by atoms with E-state index in [2.05, 4.69) is 25.1 Å². The second-order valence-electron chi connectivity index (χ2n) is 10.2. The quantitative estimate of drug-likeness (QED) is 0.785. The third-order valence-electron chi connectivity index (χ3n) is 7.99. The highest BCUT2D eigenvalue weighted by Gasteiger charge is 2.54.